The Morgan fingerprint density at radius 3 is 2.57 bits per heavy atom. The molecule has 0 unspecified atom stereocenters. The number of carbonyl (C=O) groups excluding carboxylic acids is 1. The summed E-state index contributed by atoms with van der Waals surface area (Å²) < 4.78 is 10.5. The first-order chi connectivity index (χ1) is 10.7. The molecule has 1 saturated heterocycles. The molecule has 2 N–H and O–H groups in total. The summed E-state index contributed by atoms with van der Waals surface area (Å²) >= 11 is 0. The van der Waals surface area contributed by atoms with E-state index in [1.54, 1.807) is 20.3 Å². The Balaban J connectivity index is 0.00000192. The zero-order chi connectivity index (χ0) is 15.6. The van der Waals surface area contributed by atoms with E-state index in [0.29, 0.717) is 17.4 Å². The fourth-order valence-electron chi connectivity index (χ4n) is 3.83. The fraction of sp³-hybridized carbons (Fsp3) is 0.588. The van der Waals surface area contributed by atoms with Crippen molar-refractivity contribution in [3.05, 3.63) is 18.2 Å². The molecular formula is C17H25ClN2O3. The van der Waals surface area contributed by atoms with Gasteiger partial charge in [-0.3, -0.25) is 4.79 Å². The maximum Gasteiger partial charge on any atom is 0.232 e. The minimum absolute atomic E-state index is 0. The molecule has 2 fully saturated rings. The molecule has 1 saturated carbocycles. The molecule has 128 valence electrons. The largest absolute Gasteiger partial charge is 0.497 e. The Morgan fingerprint density at radius 1 is 1.22 bits per heavy atom. The summed E-state index contributed by atoms with van der Waals surface area (Å²) in [5.41, 5.74) is 0.473. The van der Waals surface area contributed by atoms with Gasteiger partial charge in [0, 0.05) is 30.4 Å². The fourth-order valence-corrected chi connectivity index (χ4v) is 3.83. The molecule has 0 radical (unpaired) electrons. The maximum atomic E-state index is 12.9. The van der Waals surface area contributed by atoms with E-state index in [2.05, 4.69) is 10.6 Å². The van der Waals surface area contributed by atoms with Gasteiger partial charge < -0.3 is 20.1 Å². The summed E-state index contributed by atoms with van der Waals surface area (Å²) in [4.78, 5) is 12.9. The summed E-state index contributed by atoms with van der Waals surface area (Å²) in [5, 5.41) is 6.49. The van der Waals surface area contributed by atoms with E-state index in [9.17, 15) is 4.79 Å². The van der Waals surface area contributed by atoms with Crippen LogP contribution in [0.25, 0.3) is 0 Å². The van der Waals surface area contributed by atoms with Crippen molar-refractivity contribution in [1.29, 1.82) is 0 Å². The van der Waals surface area contributed by atoms with Gasteiger partial charge in [0.15, 0.2) is 0 Å². The van der Waals surface area contributed by atoms with Crippen LogP contribution in [0.3, 0.4) is 0 Å². The van der Waals surface area contributed by atoms with E-state index >= 15 is 0 Å². The van der Waals surface area contributed by atoms with Crippen LogP contribution in [0.4, 0.5) is 5.69 Å². The van der Waals surface area contributed by atoms with Crippen LogP contribution in [0.1, 0.15) is 25.7 Å². The van der Waals surface area contributed by atoms with Crippen LogP contribution in [0.5, 0.6) is 11.5 Å². The number of rotatable bonds is 4. The van der Waals surface area contributed by atoms with Crippen LogP contribution in [-0.4, -0.2) is 33.2 Å². The normalized spacial score (nSPS) is 25.9. The zero-order valence-corrected chi connectivity index (χ0v) is 14.5. The highest BCUT2D eigenvalue weighted by Crippen LogP contribution is 2.44. The van der Waals surface area contributed by atoms with Gasteiger partial charge in [-0.25, -0.2) is 0 Å². The zero-order valence-electron chi connectivity index (χ0n) is 13.7. The highest BCUT2D eigenvalue weighted by atomic mass is 35.5. The van der Waals surface area contributed by atoms with Crippen molar-refractivity contribution >= 4 is 24.0 Å². The first-order valence-corrected chi connectivity index (χ1v) is 7.93. The first-order valence-electron chi connectivity index (χ1n) is 7.93. The molecule has 6 heteroatoms. The van der Waals surface area contributed by atoms with Crippen LogP contribution in [0.15, 0.2) is 18.2 Å². The molecule has 2 atom stereocenters. The number of carbonyl (C=O) groups is 1. The van der Waals surface area contributed by atoms with Crippen LogP contribution < -0.4 is 20.1 Å². The van der Waals surface area contributed by atoms with Crippen molar-refractivity contribution in [2.45, 2.75) is 25.7 Å². The molecule has 0 spiro atoms. The van der Waals surface area contributed by atoms with Crippen molar-refractivity contribution in [2.75, 3.05) is 32.6 Å². The van der Waals surface area contributed by atoms with Crippen LogP contribution in [-0.2, 0) is 4.79 Å². The number of anilines is 1. The van der Waals surface area contributed by atoms with E-state index in [1.165, 1.54) is 6.42 Å². The lowest BCUT2D eigenvalue weighted by Crippen LogP contribution is -2.44. The van der Waals surface area contributed by atoms with Crippen LogP contribution >= 0.6 is 12.4 Å². The summed E-state index contributed by atoms with van der Waals surface area (Å²) in [6, 6.07) is 5.46. The molecule has 3 rings (SSSR count). The van der Waals surface area contributed by atoms with Gasteiger partial charge in [-0.1, -0.05) is 12.8 Å². The molecule has 1 aromatic carbocycles. The van der Waals surface area contributed by atoms with Gasteiger partial charge in [-0.15, -0.1) is 12.4 Å². The molecule has 23 heavy (non-hydrogen) atoms. The number of ether oxygens (including phenoxy) is 2. The third-order valence-corrected chi connectivity index (χ3v) is 5.10. The standard InChI is InChI=1S/C17H24N2O3.ClH/c1-21-14-7-13(8-15(9-14)22-2)19-16(20)17-6-4-3-5-12(17)10-18-11-17;/h7-9,12,18H,3-6,10-11H2,1-2H3,(H,19,20);1H/t12-,17+;/m0./s1. The summed E-state index contributed by atoms with van der Waals surface area (Å²) in [7, 11) is 3.22. The van der Waals surface area contributed by atoms with Gasteiger partial charge in [-0.05, 0) is 25.3 Å². The van der Waals surface area contributed by atoms with Crippen LogP contribution in [0, 0.1) is 11.3 Å². The predicted molar refractivity (Wildman–Crippen MR) is 92.7 cm³/mol. The molecule has 1 aromatic rings. The van der Waals surface area contributed by atoms with Gasteiger partial charge in [0.1, 0.15) is 11.5 Å². The van der Waals surface area contributed by atoms with Crippen molar-refractivity contribution in [3.8, 4) is 11.5 Å². The minimum atomic E-state index is -0.255. The molecule has 1 aliphatic carbocycles. The Labute approximate surface area is 143 Å². The van der Waals surface area contributed by atoms with Crippen molar-refractivity contribution in [3.63, 3.8) is 0 Å². The average Bonchev–Trinajstić information content (AvgIpc) is 2.99. The monoisotopic (exact) mass is 340 g/mol. The number of nitrogens with one attached hydrogen (secondary N) is 2. The second kappa shape index (κ2) is 7.41. The maximum absolute atomic E-state index is 12.9. The van der Waals surface area contributed by atoms with Crippen molar-refractivity contribution in [1.82, 2.24) is 5.32 Å². The molecule has 1 amide bonds. The van der Waals surface area contributed by atoms with Gasteiger partial charge in [0.05, 0.1) is 19.6 Å². The topological polar surface area (TPSA) is 59.6 Å². The predicted octanol–water partition coefficient (Wildman–Crippen LogP) is 2.84. The van der Waals surface area contributed by atoms with Gasteiger partial charge in [0.2, 0.25) is 5.91 Å². The molecule has 0 aromatic heterocycles. The van der Waals surface area contributed by atoms with E-state index in [-0.39, 0.29) is 23.7 Å². The minimum Gasteiger partial charge on any atom is -0.497 e. The van der Waals surface area contributed by atoms with E-state index in [0.717, 1.165) is 38.0 Å². The number of hydrogen-bond donors (Lipinski definition) is 2. The highest BCUT2D eigenvalue weighted by molar-refractivity contribution is 5.96. The quantitative estimate of drug-likeness (QED) is 0.884. The lowest BCUT2D eigenvalue weighted by Gasteiger charge is -2.37. The molecular weight excluding hydrogens is 316 g/mol. The molecule has 1 heterocycles. The Bertz CT molecular complexity index is 545. The van der Waals surface area contributed by atoms with Gasteiger partial charge in [0.25, 0.3) is 0 Å². The number of benzene rings is 1. The van der Waals surface area contributed by atoms with Crippen molar-refractivity contribution in [2.24, 2.45) is 11.3 Å². The summed E-state index contributed by atoms with van der Waals surface area (Å²) in [6.07, 6.45) is 4.47. The number of methoxy groups -OCH3 is 2. The van der Waals surface area contributed by atoms with Gasteiger partial charge >= 0.3 is 0 Å². The highest BCUT2D eigenvalue weighted by Gasteiger charge is 2.49. The average molecular weight is 341 g/mol. The first kappa shape index (κ1) is 17.9. The molecule has 1 aliphatic heterocycles. The Morgan fingerprint density at radius 2 is 1.91 bits per heavy atom. The lowest BCUT2D eigenvalue weighted by atomic mass is 9.67. The number of hydrogen-bond acceptors (Lipinski definition) is 4. The second-order valence-electron chi connectivity index (χ2n) is 6.29. The van der Waals surface area contributed by atoms with E-state index in [1.807, 2.05) is 12.1 Å². The number of amides is 1. The lowest BCUT2D eigenvalue weighted by molar-refractivity contribution is -0.128. The number of halogens is 1. The molecule has 5 nitrogen and oxygen atoms in total. The van der Waals surface area contributed by atoms with E-state index < -0.39 is 0 Å². The van der Waals surface area contributed by atoms with Gasteiger partial charge in [-0.2, -0.15) is 0 Å². The Kier molecular flexibility index (Phi) is 5.76. The third kappa shape index (κ3) is 3.40. The SMILES string of the molecule is COc1cc(NC(=O)[C@@]23CCCC[C@H]2CNC3)cc(OC)c1.Cl. The Hall–Kier alpha value is -1.46. The summed E-state index contributed by atoms with van der Waals surface area (Å²) in [6.45, 7) is 1.74. The molecule has 0 bridgehead atoms. The number of fused-ring (bicyclic) bond motifs is 1. The van der Waals surface area contributed by atoms with Crippen molar-refractivity contribution < 1.29 is 14.3 Å². The molecule has 2 aliphatic rings. The second-order valence-corrected chi connectivity index (χ2v) is 6.29. The summed E-state index contributed by atoms with van der Waals surface area (Å²) in [5.74, 6) is 1.93. The third-order valence-electron chi connectivity index (χ3n) is 5.10. The van der Waals surface area contributed by atoms with Crippen LogP contribution in [0.2, 0.25) is 0 Å². The van der Waals surface area contributed by atoms with E-state index in [4.69, 9.17) is 9.47 Å². The smallest absolute Gasteiger partial charge is 0.232 e.